The molecule has 0 radical (unpaired) electrons. The van der Waals surface area contributed by atoms with Gasteiger partial charge < -0.3 is 10.6 Å². The van der Waals surface area contributed by atoms with Gasteiger partial charge in [-0.1, -0.05) is 19.9 Å². The normalized spacial score (nSPS) is 20.8. The molecule has 0 unspecified atom stereocenters. The standard InChI is InChI=1S/C18H24N4OS/c1-12(2)17-16(20-11-24-17)18(23)22-14-8-6-13(7-9-14)21-15-5-3-4-10-19-15/h3-5,10-14H,6-9H2,1-2H3,(H,19,21)(H,22,23). The van der Waals surface area contributed by atoms with Crippen molar-refractivity contribution in [2.75, 3.05) is 5.32 Å². The van der Waals surface area contributed by atoms with Crippen molar-refractivity contribution < 1.29 is 4.79 Å². The first-order valence-corrected chi connectivity index (χ1v) is 9.43. The number of aromatic nitrogens is 2. The van der Waals surface area contributed by atoms with Crippen LogP contribution in [-0.2, 0) is 0 Å². The lowest BCUT2D eigenvalue weighted by Crippen LogP contribution is -2.40. The maximum Gasteiger partial charge on any atom is 0.271 e. The van der Waals surface area contributed by atoms with E-state index in [4.69, 9.17) is 0 Å². The lowest BCUT2D eigenvalue weighted by Gasteiger charge is -2.30. The molecular formula is C18H24N4OS. The number of carbonyl (C=O) groups excluding carboxylic acids is 1. The average Bonchev–Trinajstić information content (AvgIpc) is 3.08. The summed E-state index contributed by atoms with van der Waals surface area (Å²) in [6.07, 6.45) is 5.84. The molecule has 1 aliphatic carbocycles. The molecule has 2 N–H and O–H groups in total. The largest absolute Gasteiger partial charge is 0.367 e. The Labute approximate surface area is 146 Å². The van der Waals surface area contributed by atoms with E-state index in [0.29, 0.717) is 17.7 Å². The predicted octanol–water partition coefficient (Wildman–Crippen LogP) is 3.81. The van der Waals surface area contributed by atoms with Crippen LogP contribution in [-0.4, -0.2) is 28.0 Å². The minimum atomic E-state index is -0.0268. The predicted molar refractivity (Wildman–Crippen MR) is 97.6 cm³/mol. The molecule has 0 atom stereocenters. The molecule has 3 rings (SSSR count). The number of amides is 1. The van der Waals surface area contributed by atoms with E-state index in [0.717, 1.165) is 36.4 Å². The number of carbonyl (C=O) groups is 1. The summed E-state index contributed by atoms with van der Waals surface area (Å²) in [7, 11) is 0. The Hall–Kier alpha value is -1.95. The Morgan fingerprint density at radius 3 is 2.58 bits per heavy atom. The van der Waals surface area contributed by atoms with Crippen LogP contribution in [0.5, 0.6) is 0 Å². The smallest absolute Gasteiger partial charge is 0.271 e. The molecule has 0 bridgehead atoms. The summed E-state index contributed by atoms with van der Waals surface area (Å²) in [5.74, 6) is 1.23. The topological polar surface area (TPSA) is 66.9 Å². The first kappa shape index (κ1) is 16.9. The molecule has 2 heterocycles. The van der Waals surface area contributed by atoms with Crippen LogP contribution in [0.25, 0.3) is 0 Å². The Morgan fingerprint density at radius 2 is 1.92 bits per heavy atom. The maximum absolute atomic E-state index is 12.5. The third-order valence-electron chi connectivity index (χ3n) is 4.41. The number of pyridine rings is 1. The number of hydrogen-bond donors (Lipinski definition) is 2. The van der Waals surface area contributed by atoms with Crippen LogP contribution < -0.4 is 10.6 Å². The second-order valence-electron chi connectivity index (χ2n) is 6.60. The monoisotopic (exact) mass is 344 g/mol. The van der Waals surface area contributed by atoms with E-state index in [-0.39, 0.29) is 11.9 Å². The summed E-state index contributed by atoms with van der Waals surface area (Å²) < 4.78 is 0. The maximum atomic E-state index is 12.5. The number of hydrogen-bond acceptors (Lipinski definition) is 5. The second kappa shape index (κ2) is 7.75. The van der Waals surface area contributed by atoms with Crippen LogP contribution in [0, 0.1) is 0 Å². The highest BCUT2D eigenvalue weighted by atomic mass is 32.1. The van der Waals surface area contributed by atoms with Crippen molar-refractivity contribution in [2.24, 2.45) is 0 Å². The Morgan fingerprint density at radius 1 is 1.17 bits per heavy atom. The molecule has 5 nitrogen and oxygen atoms in total. The summed E-state index contributed by atoms with van der Waals surface area (Å²) in [6, 6.07) is 6.56. The van der Waals surface area contributed by atoms with Gasteiger partial charge in [-0.25, -0.2) is 9.97 Å². The van der Waals surface area contributed by atoms with E-state index in [1.807, 2.05) is 18.2 Å². The SMILES string of the molecule is CC(C)c1scnc1C(=O)NC1CCC(Nc2ccccn2)CC1. The highest BCUT2D eigenvalue weighted by molar-refractivity contribution is 7.10. The van der Waals surface area contributed by atoms with Crippen LogP contribution in [0.4, 0.5) is 5.82 Å². The number of rotatable bonds is 5. The minimum absolute atomic E-state index is 0.0268. The third kappa shape index (κ3) is 4.12. The van der Waals surface area contributed by atoms with Crippen LogP contribution in [0.1, 0.15) is 60.8 Å². The lowest BCUT2D eigenvalue weighted by atomic mass is 9.91. The van der Waals surface area contributed by atoms with Crippen molar-refractivity contribution in [3.8, 4) is 0 Å². The second-order valence-corrected chi connectivity index (χ2v) is 7.49. The zero-order chi connectivity index (χ0) is 16.9. The first-order valence-electron chi connectivity index (χ1n) is 8.55. The van der Waals surface area contributed by atoms with Gasteiger partial charge in [0.15, 0.2) is 0 Å². The highest BCUT2D eigenvalue weighted by Crippen LogP contribution is 2.25. The molecule has 6 heteroatoms. The Balaban J connectivity index is 1.50. The minimum Gasteiger partial charge on any atom is -0.367 e. The summed E-state index contributed by atoms with van der Waals surface area (Å²) in [5.41, 5.74) is 2.36. The van der Waals surface area contributed by atoms with Crippen molar-refractivity contribution in [1.82, 2.24) is 15.3 Å². The van der Waals surface area contributed by atoms with Gasteiger partial charge in [0.05, 0.1) is 5.51 Å². The molecule has 128 valence electrons. The molecule has 24 heavy (non-hydrogen) atoms. The number of nitrogens with zero attached hydrogens (tertiary/aromatic N) is 2. The molecule has 1 aliphatic rings. The molecule has 0 aromatic carbocycles. The summed E-state index contributed by atoms with van der Waals surface area (Å²) in [6.45, 7) is 4.19. The van der Waals surface area contributed by atoms with Gasteiger partial charge in [-0.3, -0.25) is 4.79 Å². The molecule has 2 aromatic heterocycles. The van der Waals surface area contributed by atoms with E-state index in [1.165, 1.54) is 0 Å². The van der Waals surface area contributed by atoms with Gasteiger partial charge in [-0.2, -0.15) is 0 Å². The van der Waals surface area contributed by atoms with E-state index >= 15 is 0 Å². The van der Waals surface area contributed by atoms with E-state index in [2.05, 4.69) is 34.4 Å². The fourth-order valence-electron chi connectivity index (χ4n) is 3.13. The van der Waals surface area contributed by atoms with Crippen molar-refractivity contribution in [2.45, 2.75) is 57.5 Å². The van der Waals surface area contributed by atoms with Crippen LogP contribution >= 0.6 is 11.3 Å². The first-order chi connectivity index (χ1) is 11.6. The van der Waals surface area contributed by atoms with Gasteiger partial charge in [0.2, 0.25) is 0 Å². The molecule has 0 aliphatic heterocycles. The van der Waals surface area contributed by atoms with Crippen molar-refractivity contribution in [1.29, 1.82) is 0 Å². The van der Waals surface area contributed by atoms with Gasteiger partial charge in [-0.05, 0) is 43.7 Å². The highest BCUT2D eigenvalue weighted by Gasteiger charge is 2.25. The Bertz CT molecular complexity index is 663. The molecule has 0 saturated heterocycles. The van der Waals surface area contributed by atoms with Gasteiger partial charge >= 0.3 is 0 Å². The molecule has 0 spiro atoms. The Kier molecular flexibility index (Phi) is 5.45. The summed E-state index contributed by atoms with van der Waals surface area (Å²) >= 11 is 1.56. The van der Waals surface area contributed by atoms with Gasteiger partial charge in [0, 0.05) is 23.2 Å². The van der Waals surface area contributed by atoms with E-state index in [9.17, 15) is 4.79 Å². The van der Waals surface area contributed by atoms with Gasteiger partial charge in [0.1, 0.15) is 11.5 Å². The molecule has 1 amide bonds. The van der Waals surface area contributed by atoms with Crippen LogP contribution in [0.15, 0.2) is 29.9 Å². The van der Waals surface area contributed by atoms with E-state index in [1.54, 1.807) is 23.0 Å². The van der Waals surface area contributed by atoms with Crippen molar-refractivity contribution in [3.05, 3.63) is 40.5 Å². The molecule has 2 aromatic rings. The molecule has 1 fully saturated rings. The fourth-order valence-corrected chi connectivity index (χ4v) is 3.93. The lowest BCUT2D eigenvalue weighted by molar-refractivity contribution is 0.0921. The summed E-state index contributed by atoms with van der Waals surface area (Å²) in [4.78, 5) is 22.1. The summed E-state index contributed by atoms with van der Waals surface area (Å²) in [5, 5.41) is 6.63. The molecular weight excluding hydrogens is 320 g/mol. The number of thiazole rings is 1. The van der Waals surface area contributed by atoms with Gasteiger partial charge in [0.25, 0.3) is 5.91 Å². The van der Waals surface area contributed by atoms with E-state index < -0.39 is 0 Å². The average molecular weight is 344 g/mol. The quantitative estimate of drug-likeness (QED) is 0.865. The fraction of sp³-hybridized carbons (Fsp3) is 0.500. The van der Waals surface area contributed by atoms with Crippen LogP contribution in [0.3, 0.4) is 0 Å². The van der Waals surface area contributed by atoms with Crippen molar-refractivity contribution in [3.63, 3.8) is 0 Å². The van der Waals surface area contributed by atoms with Crippen molar-refractivity contribution >= 4 is 23.1 Å². The van der Waals surface area contributed by atoms with Crippen LogP contribution in [0.2, 0.25) is 0 Å². The zero-order valence-electron chi connectivity index (χ0n) is 14.2. The molecule has 1 saturated carbocycles. The number of anilines is 1. The third-order valence-corrected chi connectivity index (χ3v) is 5.54. The zero-order valence-corrected chi connectivity index (χ0v) is 15.0. The van der Waals surface area contributed by atoms with Gasteiger partial charge in [-0.15, -0.1) is 11.3 Å². The number of nitrogens with one attached hydrogen (secondary N) is 2.